The van der Waals surface area contributed by atoms with Crippen molar-refractivity contribution < 1.29 is 4.79 Å². The molecule has 0 aliphatic carbocycles. The van der Waals surface area contributed by atoms with E-state index in [2.05, 4.69) is 33.4 Å². The van der Waals surface area contributed by atoms with Crippen LogP contribution in [0.3, 0.4) is 0 Å². The van der Waals surface area contributed by atoms with Gasteiger partial charge in [0.1, 0.15) is 0 Å². The van der Waals surface area contributed by atoms with Crippen LogP contribution in [0.4, 0.5) is 0 Å². The van der Waals surface area contributed by atoms with Crippen molar-refractivity contribution >= 4 is 21.8 Å². The highest BCUT2D eigenvalue weighted by Gasteiger charge is 2.17. The highest BCUT2D eigenvalue weighted by molar-refractivity contribution is 9.10. The third-order valence-electron chi connectivity index (χ3n) is 2.69. The summed E-state index contributed by atoms with van der Waals surface area (Å²) in [5.41, 5.74) is 1.27. The van der Waals surface area contributed by atoms with E-state index >= 15 is 0 Å². The number of halogens is 1. The average Bonchev–Trinajstić information content (AvgIpc) is 2.17. The number of benzene rings is 1. The molecule has 1 unspecified atom stereocenters. The Labute approximate surface area is 98.2 Å². The number of rotatable bonds is 2. The summed E-state index contributed by atoms with van der Waals surface area (Å²) in [6.45, 7) is 0. The molecule has 1 aliphatic rings. The highest BCUT2D eigenvalue weighted by atomic mass is 79.9. The fourth-order valence-electron chi connectivity index (χ4n) is 1.98. The van der Waals surface area contributed by atoms with E-state index in [1.54, 1.807) is 0 Å². The van der Waals surface area contributed by atoms with E-state index in [-0.39, 0.29) is 5.91 Å². The van der Waals surface area contributed by atoms with Crippen LogP contribution in [0, 0.1) is 0 Å². The first-order valence-electron chi connectivity index (χ1n) is 5.28. The zero-order valence-electron chi connectivity index (χ0n) is 8.50. The number of nitrogens with one attached hydrogen (secondary N) is 1. The maximum atomic E-state index is 11.2. The second-order valence-electron chi connectivity index (χ2n) is 3.99. The normalized spacial score (nSPS) is 21.1. The minimum Gasteiger partial charge on any atom is -0.353 e. The molecule has 2 rings (SSSR count). The first-order chi connectivity index (χ1) is 7.24. The molecule has 15 heavy (non-hydrogen) atoms. The van der Waals surface area contributed by atoms with E-state index in [0.717, 1.165) is 23.7 Å². The van der Waals surface area contributed by atoms with Gasteiger partial charge in [0.05, 0.1) is 0 Å². The summed E-state index contributed by atoms with van der Waals surface area (Å²) in [5.74, 6) is 0.196. The molecule has 1 N–H and O–H groups in total. The van der Waals surface area contributed by atoms with Crippen LogP contribution in [0.15, 0.2) is 28.7 Å². The number of hydrogen-bond donors (Lipinski definition) is 1. The predicted octanol–water partition coefficient (Wildman–Crippen LogP) is 2.66. The summed E-state index contributed by atoms with van der Waals surface area (Å²) in [6, 6.07) is 8.58. The zero-order chi connectivity index (χ0) is 10.7. The summed E-state index contributed by atoms with van der Waals surface area (Å²) >= 11 is 3.45. The van der Waals surface area contributed by atoms with E-state index in [1.165, 1.54) is 5.56 Å². The van der Waals surface area contributed by atoms with Crippen molar-refractivity contribution in [3.63, 3.8) is 0 Å². The number of hydrogen-bond acceptors (Lipinski definition) is 1. The van der Waals surface area contributed by atoms with Crippen LogP contribution >= 0.6 is 15.9 Å². The molecule has 0 aromatic heterocycles. The van der Waals surface area contributed by atoms with Crippen molar-refractivity contribution in [1.29, 1.82) is 0 Å². The zero-order valence-corrected chi connectivity index (χ0v) is 10.1. The van der Waals surface area contributed by atoms with Crippen molar-refractivity contribution in [2.75, 3.05) is 0 Å². The van der Waals surface area contributed by atoms with Crippen LogP contribution in [0.2, 0.25) is 0 Å². The summed E-state index contributed by atoms with van der Waals surface area (Å²) < 4.78 is 1.10. The van der Waals surface area contributed by atoms with Gasteiger partial charge in [0, 0.05) is 16.9 Å². The van der Waals surface area contributed by atoms with Crippen molar-refractivity contribution in [1.82, 2.24) is 5.32 Å². The molecule has 80 valence electrons. The molecular weight excluding hydrogens is 254 g/mol. The lowest BCUT2D eigenvalue weighted by atomic mass is 9.97. The van der Waals surface area contributed by atoms with E-state index < -0.39 is 0 Å². The minimum absolute atomic E-state index is 0.196. The van der Waals surface area contributed by atoms with Gasteiger partial charge < -0.3 is 5.32 Å². The monoisotopic (exact) mass is 267 g/mol. The molecule has 1 heterocycles. The van der Waals surface area contributed by atoms with Crippen LogP contribution in [0.1, 0.15) is 24.8 Å². The second kappa shape index (κ2) is 4.79. The summed E-state index contributed by atoms with van der Waals surface area (Å²) in [6.07, 6.45) is 3.74. The molecule has 1 aromatic rings. The van der Waals surface area contributed by atoms with Crippen LogP contribution in [-0.4, -0.2) is 11.9 Å². The number of piperidine rings is 1. The van der Waals surface area contributed by atoms with Crippen LogP contribution in [0.25, 0.3) is 0 Å². The number of carbonyl (C=O) groups is 1. The van der Waals surface area contributed by atoms with E-state index in [1.807, 2.05) is 12.1 Å². The SMILES string of the molecule is O=C1CCCC(Cc2cccc(Br)c2)N1. The van der Waals surface area contributed by atoms with Crippen LogP contribution < -0.4 is 5.32 Å². The second-order valence-corrected chi connectivity index (χ2v) is 4.91. The van der Waals surface area contributed by atoms with Gasteiger partial charge in [-0.25, -0.2) is 0 Å². The lowest BCUT2D eigenvalue weighted by molar-refractivity contribution is -0.123. The summed E-state index contributed by atoms with van der Waals surface area (Å²) in [4.78, 5) is 11.2. The van der Waals surface area contributed by atoms with E-state index in [9.17, 15) is 4.79 Å². The lowest BCUT2D eigenvalue weighted by Gasteiger charge is -2.23. The largest absolute Gasteiger partial charge is 0.353 e. The van der Waals surface area contributed by atoms with Crippen molar-refractivity contribution in [2.24, 2.45) is 0 Å². The van der Waals surface area contributed by atoms with E-state index in [0.29, 0.717) is 12.5 Å². The minimum atomic E-state index is 0.196. The molecule has 0 spiro atoms. The number of carbonyl (C=O) groups excluding carboxylic acids is 1. The summed E-state index contributed by atoms with van der Waals surface area (Å²) in [5, 5.41) is 3.03. The average molecular weight is 268 g/mol. The molecule has 1 atom stereocenters. The first kappa shape index (κ1) is 10.7. The van der Waals surface area contributed by atoms with Gasteiger partial charge in [0.15, 0.2) is 0 Å². The van der Waals surface area contributed by atoms with Gasteiger partial charge in [-0.15, -0.1) is 0 Å². The van der Waals surface area contributed by atoms with Gasteiger partial charge in [-0.1, -0.05) is 28.1 Å². The Morgan fingerprint density at radius 1 is 1.47 bits per heavy atom. The van der Waals surface area contributed by atoms with Crippen LogP contribution in [-0.2, 0) is 11.2 Å². The van der Waals surface area contributed by atoms with Crippen molar-refractivity contribution in [3.05, 3.63) is 34.3 Å². The van der Waals surface area contributed by atoms with Gasteiger partial charge in [-0.2, -0.15) is 0 Å². The molecule has 2 nitrogen and oxygen atoms in total. The maximum Gasteiger partial charge on any atom is 0.220 e. The maximum absolute atomic E-state index is 11.2. The third kappa shape index (κ3) is 3.06. The lowest BCUT2D eigenvalue weighted by Crippen LogP contribution is -2.39. The molecule has 1 fully saturated rings. The topological polar surface area (TPSA) is 29.1 Å². The van der Waals surface area contributed by atoms with Gasteiger partial charge in [-0.05, 0) is 37.0 Å². The van der Waals surface area contributed by atoms with Gasteiger partial charge in [0.2, 0.25) is 5.91 Å². The summed E-state index contributed by atoms with van der Waals surface area (Å²) in [7, 11) is 0. The van der Waals surface area contributed by atoms with Gasteiger partial charge in [0.25, 0.3) is 0 Å². The molecule has 1 saturated heterocycles. The first-order valence-corrected chi connectivity index (χ1v) is 6.07. The Hall–Kier alpha value is -0.830. The van der Waals surface area contributed by atoms with E-state index in [4.69, 9.17) is 0 Å². The van der Waals surface area contributed by atoms with Crippen molar-refractivity contribution in [3.8, 4) is 0 Å². The van der Waals surface area contributed by atoms with Crippen LogP contribution in [0.5, 0.6) is 0 Å². The number of amides is 1. The quantitative estimate of drug-likeness (QED) is 0.877. The fraction of sp³-hybridized carbons (Fsp3) is 0.417. The molecule has 0 bridgehead atoms. The van der Waals surface area contributed by atoms with Gasteiger partial charge >= 0.3 is 0 Å². The van der Waals surface area contributed by atoms with Crippen molar-refractivity contribution in [2.45, 2.75) is 31.7 Å². The standard InChI is InChI=1S/C12H14BrNO/c13-10-4-1-3-9(7-10)8-11-5-2-6-12(15)14-11/h1,3-4,7,11H,2,5-6,8H2,(H,14,15). The molecule has 0 saturated carbocycles. The Balaban J connectivity index is 1.99. The molecular formula is C12H14BrNO. The predicted molar refractivity (Wildman–Crippen MR) is 63.6 cm³/mol. The molecule has 3 heteroatoms. The Morgan fingerprint density at radius 2 is 2.33 bits per heavy atom. The molecule has 1 aromatic carbocycles. The third-order valence-corrected chi connectivity index (χ3v) is 3.19. The molecule has 0 radical (unpaired) electrons. The fourth-order valence-corrected chi connectivity index (χ4v) is 2.43. The smallest absolute Gasteiger partial charge is 0.220 e. The van der Waals surface area contributed by atoms with Gasteiger partial charge in [-0.3, -0.25) is 4.79 Å². The molecule has 1 amide bonds. The highest BCUT2D eigenvalue weighted by Crippen LogP contribution is 2.16. The Morgan fingerprint density at radius 3 is 3.07 bits per heavy atom. The Bertz CT molecular complexity index is 364. The molecule has 1 aliphatic heterocycles. The Kier molecular flexibility index (Phi) is 3.41.